The summed E-state index contributed by atoms with van der Waals surface area (Å²) in [5, 5.41) is 16.5. The van der Waals surface area contributed by atoms with Gasteiger partial charge >= 0.3 is 5.97 Å². The highest BCUT2D eigenvalue weighted by Gasteiger charge is 2.26. The number of unbranched alkanes of at least 4 members (excludes halogenated alkanes) is 1. The second-order valence-electron chi connectivity index (χ2n) is 7.11. The van der Waals surface area contributed by atoms with Crippen LogP contribution in [-0.2, 0) is 16.0 Å². The van der Waals surface area contributed by atoms with Crippen molar-refractivity contribution >= 4 is 23.5 Å². The Hall–Kier alpha value is -2.77. The Morgan fingerprint density at radius 1 is 1.19 bits per heavy atom. The first-order valence-corrected chi connectivity index (χ1v) is 10.5. The molecule has 3 N–H and O–H groups in total. The van der Waals surface area contributed by atoms with E-state index in [1.807, 2.05) is 37.4 Å². The highest BCUT2D eigenvalue weighted by atomic mass is 35.5. The van der Waals surface area contributed by atoms with Gasteiger partial charge in [0.1, 0.15) is 17.5 Å². The first-order chi connectivity index (χ1) is 14.9. The Balaban J connectivity index is 2.16. The third kappa shape index (κ3) is 6.87. The summed E-state index contributed by atoms with van der Waals surface area (Å²) in [6.45, 7) is 2.95. The summed E-state index contributed by atoms with van der Waals surface area (Å²) < 4.78 is 10.5. The van der Waals surface area contributed by atoms with Gasteiger partial charge in [0.15, 0.2) is 0 Å². The van der Waals surface area contributed by atoms with Gasteiger partial charge in [0, 0.05) is 12.0 Å². The number of ether oxygens (including phenoxy) is 2. The first-order valence-electron chi connectivity index (χ1n) is 10.1. The maximum atomic E-state index is 12.8. The molecule has 1 unspecified atom stereocenters. The van der Waals surface area contributed by atoms with Crippen LogP contribution in [0, 0.1) is 6.92 Å². The third-order valence-electron chi connectivity index (χ3n) is 4.82. The minimum atomic E-state index is -0.915. The van der Waals surface area contributed by atoms with Gasteiger partial charge in [-0.05, 0) is 45.0 Å². The van der Waals surface area contributed by atoms with Crippen molar-refractivity contribution in [2.75, 3.05) is 27.3 Å². The number of hydrogen-bond acceptors (Lipinski definition) is 6. The molecule has 7 nitrogen and oxygen atoms in total. The van der Waals surface area contributed by atoms with Crippen molar-refractivity contribution in [2.24, 2.45) is 0 Å². The van der Waals surface area contributed by atoms with Crippen LogP contribution < -0.4 is 15.4 Å². The van der Waals surface area contributed by atoms with Gasteiger partial charge in [-0.2, -0.15) is 0 Å². The Morgan fingerprint density at radius 2 is 1.90 bits per heavy atom. The molecule has 1 atom stereocenters. The summed E-state index contributed by atoms with van der Waals surface area (Å²) in [7, 11) is 3.14. The van der Waals surface area contributed by atoms with Crippen molar-refractivity contribution in [3.8, 4) is 11.5 Å². The van der Waals surface area contributed by atoms with Gasteiger partial charge < -0.3 is 25.2 Å². The molecule has 0 aliphatic heterocycles. The molecule has 2 rings (SSSR count). The van der Waals surface area contributed by atoms with Crippen molar-refractivity contribution in [3.63, 3.8) is 0 Å². The number of aromatic hydroxyl groups is 1. The van der Waals surface area contributed by atoms with E-state index in [2.05, 4.69) is 10.6 Å². The van der Waals surface area contributed by atoms with Crippen molar-refractivity contribution in [2.45, 2.75) is 32.2 Å². The van der Waals surface area contributed by atoms with Gasteiger partial charge in [0.25, 0.3) is 5.91 Å². The van der Waals surface area contributed by atoms with E-state index >= 15 is 0 Å². The Kier molecular flexibility index (Phi) is 9.62. The van der Waals surface area contributed by atoms with Crippen molar-refractivity contribution < 1.29 is 24.2 Å². The number of nitrogens with one attached hydrogen (secondary N) is 2. The number of rotatable bonds is 11. The second kappa shape index (κ2) is 12.2. The van der Waals surface area contributed by atoms with Crippen LogP contribution in [-0.4, -0.2) is 50.3 Å². The number of halogens is 1. The fourth-order valence-corrected chi connectivity index (χ4v) is 3.40. The molecule has 0 aromatic heterocycles. The summed E-state index contributed by atoms with van der Waals surface area (Å²) in [5.41, 5.74) is 1.19. The summed E-state index contributed by atoms with van der Waals surface area (Å²) in [5.74, 6) is -1.11. The van der Waals surface area contributed by atoms with Crippen LogP contribution >= 0.6 is 11.6 Å². The van der Waals surface area contributed by atoms with E-state index in [0.29, 0.717) is 17.9 Å². The number of amides is 1. The van der Waals surface area contributed by atoms with Crippen LogP contribution in [0.2, 0.25) is 5.02 Å². The number of carbonyl (C=O) groups is 2. The zero-order valence-electron chi connectivity index (χ0n) is 18.0. The lowest BCUT2D eigenvalue weighted by molar-refractivity contribution is -0.142. The molecule has 0 radical (unpaired) electrons. The van der Waals surface area contributed by atoms with Crippen LogP contribution in [0.5, 0.6) is 11.5 Å². The molecule has 0 spiro atoms. The molecule has 2 aromatic rings. The molecule has 168 valence electrons. The van der Waals surface area contributed by atoms with Crippen molar-refractivity contribution in [1.29, 1.82) is 0 Å². The topological polar surface area (TPSA) is 96.9 Å². The van der Waals surface area contributed by atoms with Crippen molar-refractivity contribution in [3.05, 3.63) is 58.1 Å². The quantitative estimate of drug-likeness (QED) is 0.360. The lowest BCUT2D eigenvalue weighted by Gasteiger charge is -2.19. The van der Waals surface area contributed by atoms with E-state index < -0.39 is 17.9 Å². The lowest BCUT2D eigenvalue weighted by atomic mass is 10.0. The van der Waals surface area contributed by atoms with Crippen LogP contribution in [0.15, 0.2) is 36.4 Å². The van der Waals surface area contributed by atoms with Crippen LogP contribution in [0.1, 0.15) is 34.3 Å². The van der Waals surface area contributed by atoms with Crippen LogP contribution in [0.4, 0.5) is 0 Å². The smallest absolute Gasteiger partial charge is 0.328 e. The minimum absolute atomic E-state index is 0.0352. The molecule has 0 bridgehead atoms. The standard InChI is InChI=1S/C23H29ClN2O5/c1-15-20(27)17(14-18(24)21(15)31-12-8-7-11-25-2)22(28)26-19(23(29)30-3)13-16-9-5-4-6-10-16/h4-6,9-10,14,19,25,27H,7-8,11-13H2,1-3H3,(H,26,28). The molecule has 2 aromatic carbocycles. The number of carbonyl (C=O) groups excluding carboxylic acids is 2. The Morgan fingerprint density at radius 3 is 2.55 bits per heavy atom. The zero-order chi connectivity index (χ0) is 22.8. The third-order valence-corrected chi connectivity index (χ3v) is 5.11. The molecule has 0 aliphatic carbocycles. The SMILES string of the molecule is CNCCCCOc1c(Cl)cc(C(=O)NC(Cc2ccccc2)C(=O)OC)c(O)c1C. The summed E-state index contributed by atoms with van der Waals surface area (Å²) in [6, 6.07) is 9.69. The van der Waals surface area contributed by atoms with E-state index in [1.54, 1.807) is 6.92 Å². The highest BCUT2D eigenvalue weighted by molar-refractivity contribution is 6.32. The first kappa shape index (κ1) is 24.5. The summed E-state index contributed by atoms with van der Waals surface area (Å²) >= 11 is 6.33. The van der Waals surface area contributed by atoms with E-state index in [4.69, 9.17) is 21.1 Å². The molecule has 0 aliphatic rings. The molecule has 31 heavy (non-hydrogen) atoms. The Labute approximate surface area is 187 Å². The number of methoxy groups -OCH3 is 1. The van der Waals surface area contributed by atoms with Gasteiger partial charge in [-0.25, -0.2) is 4.79 Å². The predicted octanol–water partition coefficient (Wildman–Crippen LogP) is 3.25. The van der Waals surface area contributed by atoms with E-state index in [9.17, 15) is 14.7 Å². The molecule has 0 fully saturated rings. The maximum Gasteiger partial charge on any atom is 0.328 e. The van der Waals surface area contributed by atoms with E-state index in [1.165, 1.54) is 13.2 Å². The number of benzene rings is 2. The normalized spacial score (nSPS) is 11.6. The number of hydrogen-bond donors (Lipinski definition) is 3. The number of phenols is 1. The minimum Gasteiger partial charge on any atom is -0.507 e. The molecule has 8 heteroatoms. The van der Waals surface area contributed by atoms with Gasteiger partial charge in [0.2, 0.25) is 0 Å². The maximum absolute atomic E-state index is 12.8. The average Bonchev–Trinajstić information content (AvgIpc) is 2.77. The molecule has 0 heterocycles. The summed E-state index contributed by atoms with van der Waals surface area (Å²) in [4.78, 5) is 25.0. The van der Waals surface area contributed by atoms with Crippen LogP contribution in [0.3, 0.4) is 0 Å². The molecular formula is C23H29ClN2O5. The average molecular weight is 449 g/mol. The fourth-order valence-electron chi connectivity index (χ4n) is 3.10. The van der Waals surface area contributed by atoms with E-state index in [-0.39, 0.29) is 22.8 Å². The largest absolute Gasteiger partial charge is 0.507 e. The number of phenolic OH excluding ortho intramolecular Hbond substituents is 1. The molecule has 1 amide bonds. The monoisotopic (exact) mass is 448 g/mol. The van der Waals surface area contributed by atoms with Gasteiger partial charge in [-0.15, -0.1) is 0 Å². The molecule has 0 saturated heterocycles. The highest BCUT2D eigenvalue weighted by Crippen LogP contribution is 2.37. The number of esters is 1. The molecule has 0 saturated carbocycles. The van der Waals surface area contributed by atoms with Gasteiger partial charge in [0.05, 0.1) is 24.3 Å². The molecular weight excluding hydrogens is 420 g/mol. The zero-order valence-corrected chi connectivity index (χ0v) is 18.8. The van der Waals surface area contributed by atoms with Crippen LogP contribution in [0.25, 0.3) is 0 Å². The lowest BCUT2D eigenvalue weighted by Crippen LogP contribution is -2.43. The van der Waals surface area contributed by atoms with E-state index in [0.717, 1.165) is 24.9 Å². The van der Waals surface area contributed by atoms with Gasteiger partial charge in [-0.1, -0.05) is 41.9 Å². The second-order valence-corrected chi connectivity index (χ2v) is 7.51. The Bertz CT molecular complexity index is 889. The van der Waals surface area contributed by atoms with Gasteiger partial charge in [-0.3, -0.25) is 4.79 Å². The fraction of sp³-hybridized carbons (Fsp3) is 0.391. The summed E-state index contributed by atoms with van der Waals surface area (Å²) in [6.07, 6.45) is 2.01. The van der Waals surface area contributed by atoms with Crippen molar-refractivity contribution in [1.82, 2.24) is 10.6 Å². The predicted molar refractivity (Wildman–Crippen MR) is 120 cm³/mol.